The second-order valence-electron chi connectivity index (χ2n) is 4.95. The molecule has 1 aliphatic rings. The first-order valence-electron chi connectivity index (χ1n) is 6.67. The van der Waals surface area contributed by atoms with Crippen molar-refractivity contribution in [2.45, 2.75) is 51.5 Å². The Bertz CT molecular complexity index is 268. The summed E-state index contributed by atoms with van der Waals surface area (Å²) in [6.45, 7) is 2.09. The van der Waals surface area contributed by atoms with Crippen molar-refractivity contribution in [1.29, 1.82) is 0 Å². The zero-order valence-corrected chi connectivity index (χ0v) is 11.3. The highest BCUT2D eigenvalue weighted by Gasteiger charge is 2.12. The van der Waals surface area contributed by atoms with Crippen LogP contribution in [0.2, 0.25) is 0 Å². The molecule has 1 fully saturated rings. The lowest BCUT2D eigenvalue weighted by Gasteiger charge is -2.21. The van der Waals surface area contributed by atoms with Crippen molar-refractivity contribution < 1.29 is 4.42 Å². The summed E-state index contributed by atoms with van der Waals surface area (Å²) in [6.07, 6.45) is 13.6. The van der Waals surface area contributed by atoms with E-state index in [1.807, 2.05) is 12.3 Å². The highest BCUT2D eigenvalue weighted by molar-refractivity contribution is 5.85. The van der Waals surface area contributed by atoms with E-state index in [0.717, 1.165) is 19.0 Å². The normalized spacial score (nSPS) is 16.7. The summed E-state index contributed by atoms with van der Waals surface area (Å²) in [5, 5.41) is 3.47. The van der Waals surface area contributed by atoms with Crippen LogP contribution in [-0.2, 0) is 6.54 Å². The van der Waals surface area contributed by atoms with E-state index in [0.29, 0.717) is 0 Å². The van der Waals surface area contributed by atoms with Crippen LogP contribution in [0.15, 0.2) is 23.0 Å². The van der Waals surface area contributed by atoms with Crippen molar-refractivity contribution >= 4 is 12.4 Å². The monoisotopic (exact) mass is 257 g/mol. The maximum Gasteiger partial charge on any atom is 0.0947 e. The second kappa shape index (κ2) is 8.60. The molecule has 0 aliphatic heterocycles. The minimum Gasteiger partial charge on any atom is -0.472 e. The summed E-state index contributed by atoms with van der Waals surface area (Å²) < 4.78 is 5.03. The number of hydrogen-bond acceptors (Lipinski definition) is 2. The van der Waals surface area contributed by atoms with Crippen LogP contribution in [0.1, 0.15) is 50.5 Å². The molecule has 1 N–H and O–H groups in total. The van der Waals surface area contributed by atoms with Crippen LogP contribution in [0, 0.1) is 5.92 Å². The lowest BCUT2D eigenvalue weighted by molar-refractivity contribution is 0.330. The van der Waals surface area contributed by atoms with Gasteiger partial charge in [0.1, 0.15) is 0 Å². The molecule has 98 valence electrons. The van der Waals surface area contributed by atoms with E-state index in [-0.39, 0.29) is 12.4 Å². The Labute approximate surface area is 111 Å². The van der Waals surface area contributed by atoms with Crippen molar-refractivity contribution in [3.8, 4) is 0 Å². The van der Waals surface area contributed by atoms with Gasteiger partial charge >= 0.3 is 0 Å². The van der Waals surface area contributed by atoms with Gasteiger partial charge in [0.15, 0.2) is 0 Å². The van der Waals surface area contributed by atoms with E-state index >= 15 is 0 Å². The van der Waals surface area contributed by atoms with Gasteiger partial charge in [0, 0.05) is 12.1 Å². The minimum absolute atomic E-state index is 0. The quantitative estimate of drug-likeness (QED) is 0.775. The van der Waals surface area contributed by atoms with Gasteiger partial charge in [0.25, 0.3) is 0 Å². The van der Waals surface area contributed by atoms with E-state index in [4.69, 9.17) is 4.42 Å². The average molecular weight is 258 g/mol. The SMILES string of the molecule is Cl.c1cc(CNCCCC2CCCCC2)co1. The highest BCUT2D eigenvalue weighted by Crippen LogP contribution is 2.26. The van der Waals surface area contributed by atoms with Gasteiger partial charge in [-0.1, -0.05) is 32.1 Å². The molecule has 0 atom stereocenters. The van der Waals surface area contributed by atoms with Crippen molar-refractivity contribution in [1.82, 2.24) is 5.32 Å². The molecule has 0 unspecified atom stereocenters. The third-order valence-corrected chi connectivity index (χ3v) is 3.60. The molecular formula is C14H24ClNO. The number of furan rings is 1. The molecule has 1 heterocycles. The maximum atomic E-state index is 5.03. The first-order valence-corrected chi connectivity index (χ1v) is 6.67. The number of rotatable bonds is 6. The molecule has 0 aromatic carbocycles. The summed E-state index contributed by atoms with van der Waals surface area (Å²) >= 11 is 0. The van der Waals surface area contributed by atoms with Crippen LogP contribution in [0.5, 0.6) is 0 Å². The Morgan fingerprint density at radius 2 is 2.06 bits per heavy atom. The van der Waals surface area contributed by atoms with E-state index in [2.05, 4.69) is 5.32 Å². The molecule has 0 saturated heterocycles. The average Bonchev–Trinajstić information content (AvgIpc) is 2.83. The third kappa shape index (κ3) is 5.60. The first-order chi connectivity index (χ1) is 7.95. The number of halogens is 1. The van der Waals surface area contributed by atoms with E-state index < -0.39 is 0 Å². The van der Waals surface area contributed by atoms with Gasteiger partial charge in [-0.15, -0.1) is 12.4 Å². The summed E-state index contributed by atoms with van der Waals surface area (Å²) in [5.74, 6) is 1.02. The molecule has 0 spiro atoms. The van der Waals surface area contributed by atoms with Gasteiger partial charge < -0.3 is 9.73 Å². The highest BCUT2D eigenvalue weighted by atomic mass is 35.5. The van der Waals surface area contributed by atoms with Crippen LogP contribution >= 0.6 is 12.4 Å². The fourth-order valence-electron chi connectivity index (χ4n) is 2.62. The summed E-state index contributed by atoms with van der Waals surface area (Å²) in [5.41, 5.74) is 1.25. The summed E-state index contributed by atoms with van der Waals surface area (Å²) in [7, 11) is 0. The molecule has 0 bridgehead atoms. The molecule has 0 amide bonds. The third-order valence-electron chi connectivity index (χ3n) is 3.60. The smallest absolute Gasteiger partial charge is 0.0947 e. The van der Waals surface area contributed by atoms with Crippen LogP contribution in [-0.4, -0.2) is 6.54 Å². The van der Waals surface area contributed by atoms with Gasteiger partial charge in [0.05, 0.1) is 12.5 Å². The molecule has 2 rings (SSSR count). The Kier molecular flexibility index (Phi) is 7.38. The number of hydrogen-bond donors (Lipinski definition) is 1. The number of nitrogens with one attached hydrogen (secondary N) is 1. The second-order valence-corrected chi connectivity index (χ2v) is 4.95. The van der Waals surface area contributed by atoms with Crippen LogP contribution in [0.4, 0.5) is 0 Å². The molecular weight excluding hydrogens is 234 g/mol. The Balaban J connectivity index is 0.00000144. The molecule has 1 aliphatic carbocycles. The first kappa shape index (κ1) is 14.6. The topological polar surface area (TPSA) is 25.2 Å². The fourth-order valence-corrected chi connectivity index (χ4v) is 2.62. The van der Waals surface area contributed by atoms with Gasteiger partial charge in [-0.3, -0.25) is 0 Å². The van der Waals surface area contributed by atoms with Gasteiger partial charge in [0.2, 0.25) is 0 Å². The molecule has 1 aromatic rings. The summed E-state index contributed by atoms with van der Waals surface area (Å²) in [4.78, 5) is 0. The predicted octanol–water partition coefficient (Wildman–Crippen LogP) is 4.15. The van der Waals surface area contributed by atoms with Crippen molar-refractivity contribution in [3.63, 3.8) is 0 Å². The summed E-state index contributed by atoms with van der Waals surface area (Å²) in [6, 6.07) is 2.02. The van der Waals surface area contributed by atoms with Crippen molar-refractivity contribution in [3.05, 3.63) is 24.2 Å². The maximum absolute atomic E-state index is 5.03. The van der Waals surface area contributed by atoms with E-state index in [1.165, 1.54) is 50.5 Å². The Morgan fingerprint density at radius 3 is 2.76 bits per heavy atom. The van der Waals surface area contributed by atoms with E-state index in [1.54, 1.807) is 6.26 Å². The molecule has 17 heavy (non-hydrogen) atoms. The van der Waals surface area contributed by atoms with Crippen molar-refractivity contribution in [2.75, 3.05) is 6.54 Å². The Hall–Kier alpha value is -0.470. The Morgan fingerprint density at radius 1 is 1.24 bits per heavy atom. The van der Waals surface area contributed by atoms with Crippen LogP contribution in [0.25, 0.3) is 0 Å². The largest absolute Gasteiger partial charge is 0.472 e. The molecule has 0 radical (unpaired) electrons. The lowest BCUT2D eigenvalue weighted by atomic mass is 9.86. The van der Waals surface area contributed by atoms with Crippen molar-refractivity contribution in [2.24, 2.45) is 5.92 Å². The van der Waals surface area contributed by atoms with Gasteiger partial charge in [-0.25, -0.2) is 0 Å². The zero-order chi connectivity index (χ0) is 11.1. The standard InChI is InChI=1S/C14H23NO.ClH/c1-2-5-13(6-3-1)7-4-9-15-11-14-8-10-16-12-14;/h8,10,12-13,15H,1-7,9,11H2;1H. The lowest BCUT2D eigenvalue weighted by Crippen LogP contribution is -2.16. The zero-order valence-electron chi connectivity index (χ0n) is 10.5. The molecule has 1 saturated carbocycles. The van der Waals surface area contributed by atoms with Gasteiger partial charge in [-0.2, -0.15) is 0 Å². The molecule has 3 heteroatoms. The van der Waals surface area contributed by atoms with Crippen LogP contribution in [0.3, 0.4) is 0 Å². The van der Waals surface area contributed by atoms with Gasteiger partial charge in [-0.05, 0) is 31.4 Å². The predicted molar refractivity (Wildman–Crippen MR) is 73.5 cm³/mol. The molecule has 2 nitrogen and oxygen atoms in total. The van der Waals surface area contributed by atoms with E-state index in [9.17, 15) is 0 Å². The fraction of sp³-hybridized carbons (Fsp3) is 0.714. The minimum atomic E-state index is 0. The molecule has 1 aromatic heterocycles. The van der Waals surface area contributed by atoms with Crippen LogP contribution < -0.4 is 5.32 Å².